The van der Waals surface area contributed by atoms with Gasteiger partial charge >= 0.3 is 6.61 Å². The van der Waals surface area contributed by atoms with Crippen molar-refractivity contribution in [2.24, 2.45) is 5.41 Å². The molecule has 0 radical (unpaired) electrons. The molecule has 92 valence electrons. The lowest BCUT2D eigenvalue weighted by molar-refractivity contribution is -0.202. The van der Waals surface area contributed by atoms with Crippen LogP contribution in [0.25, 0.3) is 0 Å². The van der Waals surface area contributed by atoms with Gasteiger partial charge in [0.15, 0.2) is 0 Å². The standard InChI is InChI=1S/C10H15F2NO3/c1-10(2-3-15-6-10)8(14)13-4-7(5-13)16-9(11)12/h7,9H,2-6H2,1H3. The third kappa shape index (κ3) is 2.17. The summed E-state index contributed by atoms with van der Waals surface area (Å²) in [4.78, 5) is 13.5. The molecule has 2 aliphatic rings. The van der Waals surface area contributed by atoms with Crippen LogP contribution >= 0.6 is 0 Å². The Bertz CT molecular complexity index is 273. The molecule has 0 N–H and O–H groups in total. The molecule has 0 aliphatic carbocycles. The molecular formula is C10H15F2NO3. The van der Waals surface area contributed by atoms with E-state index in [1.54, 1.807) is 4.90 Å². The highest BCUT2D eigenvalue weighted by Gasteiger charge is 2.44. The molecule has 16 heavy (non-hydrogen) atoms. The monoisotopic (exact) mass is 235 g/mol. The number of likely N-dealkylation sites (tertiary alicyclic amines) is 1. The summed E-state index contributed by atoms with van der Waals surface area (Å²) in [5.74, 6) is -0.0147. The lowest BCUT2D eigenvalue weighted by atomic mass is 9.87. The summed E-state index contributed by atoms with van der Waals surface area (Å²) in [5.41, 5.74) is -0.476. The highest BCUT2D eigenvalue weighted by atomic mass is 19.3. The van der Waals surface area contributed by atoms with Crippen molar-refractivity contribution in [2.75, 3.05) is 26.3 Å². The number of hydrogen-bond donors (Lipinski definition) is 0. The van der Waals surface area contributed by atoms with Crippen LogP contribution < -0.4 is 0 Å². The lowest BCUT2D eigenvalue weighted by Crippen LogP contribution is -2.58. The van der Waals surface area contributed by atoms with Crippen LogP contribution in [0.3, 0.4) is 0 Å². The Morgan fingerprint density at radius 2 is 2.25 bits per heavy atom. The zero-order valence-electron chi connectivity index (χ0n) is 9.12. The molecule has 0 bridgehead atoms. The molecule has 0 spiro atoms. The zero-order valence-corrected chi connectivity index (χ0v) is 9.12. The van der Waals surface area contributed by atoms with Crippen LogP contribution in [0.2, 0.25) is 0 Å². The number of carbonyl (C=O) groups excluding carboxylic acids is 1. The predicted molar refractivity (Wildman–Crippen MR) is 51.0 cm³/mol. The molecule has 2 heterocycles. The maximum atomic E-state index is 12.0. The first-order valence-corrected chi connectivity index (χ1v) is 5.32. The van der Waals surface area contributed by atoms with Gasteiger partial charge in [0.1, 0.15) is 0 Å². The fraction of sp³-hybridized carbons (Fsp3) is 0.900. The van der Waals surface area contributed by atoms with Gasteiger partial charge in [-0.2, -0.15) is 8.78 Å². The van der Waals surface area contributed by atoms with Crippen molar-refractivity contribution in [3.8, 4) is 0 Å². The summed E-state index contributed by atoms with van der Waals surface area (Å²) in [6.07, 6.45) is 0.178. The first-order valence-electron chi connectivity index (χ1n) is 5.32. The number of amides is 1. The molecule has 0 saturated carbocycles. The molecule has 1 amide bonds. The summed E-state index contributed by atoms with van der Waals surface area (Å²) < 4.78 is 33.2. The van der Waals surface area contributed by atoms with E-state index >= 15 is 0 Å². The molecule has 1 unspecified atom stereocenters. The van der Waals surface area contributed by atoms with Crippen LogP contribution in [0.1, 0.15) is 13.3 Å². The Labute approximate surface area is 92.5 Å². The highest BCUT2D eigenvalue weighted by Crippen LogP contribution is 2.32. The van der Waals surface area contributed by atoms with Gasteiger partial charge in [0.2, 0.25) is 5.91 Å². The minimum atomic E-state index is -2.76. The van der Waals surface area contributed by atoms with Crippen LogP contribution in [0, 0.1) is 5.41 Å². The second-order valence-corrected chi connectivity index (χ2v) is 4.59. The Kier molecular flexibility index (Phi) is 3.12. The second kappa shape index (κ2) is 4.25. The Hall–Kier alpha value is -0.750. The van der Waals surface area contributed by atoms with Gasteiger partial charge in [-0.1, -0.05) is 0 Å². The van der Waals surface area contributed by atoms with Crippen LogP contribution in [0.5, 0.6) is 0 Å². The molecule has 4 nitrogen and oxygen atoms in total. The van der Waals surface area contributed by atoms with Crippen LogP contribution in [0.4, 0.5) is 8.78 Å². The van der Waals surface area contributed by atoms with Gasteiger partial charge in [-0.15, -0.1) is 0 Å². The number of nitrogens with zero attached hydrogens (tertiary/aromatic N) is 1. The van der Waals surface area contributed by atoms with Crippen molar-refractivity contribution in [3.63, 3.8) is 0 Å². The van der Waals surface area contributed by atoms with Gasteiger partial charge in [0, 0.05) is 19.7 Å². The average molecular weight is 235 g/mol. The molecule has 1 atom stereocenters. The third-order valence-electron chi connectivity index (χ3n) is 3.17. The van der Waals surface area contributed by atoms with E-state index in [4.69, 9.17) is 4.74 Å². The normalized spacial score (nSPS) is 30.9. The Balaban J connectivity index is 1.81. The van der Waals surface area contributed by atoms with E-state index in [0.717, 1.165) is 0 Å². The van der Waals surface area contributed by atoms with Gasteiger partial charge < -0.3 is 14.4 Å². The van der Waals surface area contributed by atoms with Gasteiger partial charge in [0.05, 0.1) is 18.1 Å². The number of alkyl halides is 2. The van der Waals surface area contributed by atoms with Gasteiger partial charge in [-0.25, -0.2) is 0 Å². The predicted octanol–water partition coefficient (Wildman–Crippen LogP) is 0.863. The summed E-state index contributed by atoms with van der Waals surface area (Å²) in [7, 11) is 0. The van der Waals surface area contributed by atoms with Crippen molar-refractivity contribution in [1.29, 1.82) is 0 Å². The van der Waals surface area contributed by atoms with Gasteiger partial charge in [-0.05, 0) is 13.3 Å². The molecule has 6 heteroatoms. The number of halogens is 2. The topological polar surface area (TPSA) is 38.8 Å². The van der Waals surface area contributed by atoms with Crippen molar-refractivity contribution in [1.82, 2.24) is 4.90 Å². The van der Waals surface area contributed by atoms with E-state index in [1.807, 2.05) is 6.92 Å². The Morgan fingerprint density at radius 1 is 1.56 bits per heavy atom. The fourth-order valence-electron chi connectivity index (χ4n) is 2.05. The second-order valence-electron chi connectivity index (χ2n) is 4.59. The van der Waals surface area contributed by atoms with E-state index in [9.17, 15) is 13.6 Å². The number of carbonyl (C=O) groups is 1. The average Bonchev–Trinajstić information content (AvgIpc) is 2.58. The largest absolute Gasteiger partial charge is 0.380 e. The van der Waals surface area contributed by atoms with Crippen molar-refractivity contribution >= 4 is 5.91 Å². The van der Waals surface area contributed by atoms with Crippen LogP contribution in [-0.4, -0.2) is 49.8 Å². The number of ether oxygens (including phenoxy) is 2. The maximum Gasteiger partial charge on any atom is 0.345 e. The first-order chi connectivity index (χ1) is 7.51. The molecule has 0 aromatic heterocycles. The maximum absolute atomic E-state index is 12.0. The van der Waals surface area contributed by atoms with E-state index in [2.05, 4.69) is 4.74 Å². The minimum Gasteiger partial charge on any atom is -0.380 e. The summed E-state index contributed by atoms with van der Waals surface area (Å²) >= 11 is 0. The van der Waals surface area contributed by atoms with E-state index in [0.29, 0.717) is 19.6 Å². The lowest BCUT2D eigenvalue weighted by Gasteiger charge is -2.42. The quantitative estimate of drug-likeness (QED) is 0.728. The van der Waals surface area contributed by atoms with Crippen molar-refractivity contribution in [3.05, 3.63) is 0 Å². The SMILES string of the molecule is CC1(C(=O)N2CC(OC(F)F)C2)CCOC1. The zero-order chi connectivity index (χ0) is 11.8. The van der Waals surface area contributed by atoms with E-state index < -0.39 is 18.1 Å². The summed E-state index contributed by atoms with van der Waals surface area (Å²) in [6.45, 7) is 0.629. The van der Waals surface area contributed by atoms with Crippen molar-refractivity contribution < 1.29 is 23.0 Å². The van der Waals surface area contributed by atoms with Crippen LogP contribution in [0.15, 0.2) is 0 Å². The summed E-state index contributed by atoms with van der Waals surface area (Å²) in [6, 6.07) is 0. The van der Waals surface area contributed by atoms with Crippen LogP contribution in [-0.2, 0) is 14.3 Å². The molecular weight excluding hydrogens is 220 g/mol. The smallest absolute Gasteiger partial charge is 0.345 e. The van der Waals surface area contributed by atoms with Gasteiger partial charge in [0.25, 0.3) is 0 Å². The third-order valence-corrected chi connectivity index (χ3v) is 3.17. The van der Waals surface area contributed by atoms with Crippen molar-refractivity contribution in [2.45, 2.75) is 26.1 Å². The molecule has 2 saturated heterocycles. The van der Waals surface area contributed by atoms with E-state index in [-0.39, 0.29) is 19.0 Å². The molecule has 0 aromatic rings. The minimum absolute atomic E-state index is 0.0147. The molecule has 0 aromatic carbocycles. The molecule has 2 aliphatic heterocycles. The summed E-state index contributed by atoms with van der Waals surface area (Å²) in [5, 5.41) is 0. The number of hydrogen-bond acceptors (Lipinski definition) is 3. The first kappa shape index (κ1) is 11.7. The molecule has 2 fully saturated rings. The van der Waals surface area contributed by atoms with E-state index in [1.165, 1.54) is 0 Å². The Morgan fingerprint density at radius 3 is 2.75 bits per heavy atom. The van der Waals surface area contributed by atoms with Gasteiger partial charge in [-0.3, -0.25) is 4.79 Å². The fourth-order valence-corrected chi connectivity index (χ4v) is 2.05. The molecule has 2 rings (SSSR count). The highest BCUT2D eigenvalue weighted by molar-refractivity contribution is 5.83. The number of rotatable bonds is 3.